The molecule has 3 nitrogen and oxygen atoms in total. The molecule has 3 N–H and O–H groups in total. The topological polar surface area (TPSA) is 55.1 Å². The summed E-state index contributed by atoms with van der Waals surface area (Å²) < 4.78 is 0. The lowest BCUT2D eigenvalue weighted by Crippen LogP contribution is -2.38. The lowest BCUT2D eigenvalue weighted by molar-refractivity contribution is -0.127. The van der Waals surface area contributed by atoms with Crippen molar-refractivity contribution in [3.63, 3.8) is 0 Å². The molecule has 0 saturated heterocycles. The van der Waals surface area contributed by atoms with Crippen LogP contribution in [0.3, 0.4) is 0 Å². The van der Waals surface area contributed by atoms with E-state index in [9.17, 15) is 4.79 Å². The minimum Gasteiger partial charge on any atom is -0.356 e. The highest BCUT2D eigenvalue weighted by molar-refractivity contribution is 5.79. The molecule has 0 spiro atoms. The van der Waals surface area contributed by atoms with E-state index in [0.29, 0.717) is 17.8 Å². The zero-order chi connectivity index (χ0) is 10.7. The minimum absolute atomic E-state index is 0.281. The number of nitrogens with two attached hydrogens (primary N) is 1. The van der Waals surface area contributed by atoms with Crippen LogP contribution in [0.25, 0.3) is 0 Å². The van der Waals surface area contributed by atoms with Crippen LogP contribution >= 0.6 is 0 Å². The van der Waals surface area contributed by atoms with Gasteiger partial charge in [0, 0.05) is 12.5 Å². The Morgan fingerprint density at radius 1 is 1.13 bits per heavy atom. The maximum Gasteiger partial charge on any atom is 0.223 e. The standard InChI is InChI=1S/C12H22N2O/c13-7-10-5-2-6-11(10)8-14-12(15)9-3-1-4-9/h9-11H,1-8,13H2,(H,14,15). The number of carbonyl (C=O) groups excluding carboxylic acids is 1. The van der Waals surface area contributed by atoms with E-state index in [1.54, 1.807) is 0 Å². The summed E-state index contributed by atoms with van der Waals surface area (Å²) in [6.45, 7) is 1.64. The normalized spacial score (nSPS) is 31.3. The van der Waals surface area contributed by atoms with Crippen LogP contribution in [0.1, 0.15) is 38.5 Å². The summed E-state index contributed by atoms with van der Waals surface area (Å²) in [4.78, 5) is 11.6. The maximum absolute atomic E-state index is 11.6. The summed E-state index contributed by atoms with van der Waals surface area (Å²) in [6, 6.07) is 0. The molecule has 15 heavy (non-hydrogen) atoms. The van der Waals surface area contributed by atoms with Gasteiger partial charge in [-0.25, -0.2) is 0 Å². The second-order valence-corrected chi connectivity index (χ2v) is 5.06. The molecular weight excluding hydrogens is 188 g/mol. The summed E-state index contributed by atoms with van der Waals surface area (Å²) in [5, 5.41) is 3.10. The molecule has 86 valence electrons. The minimum atomic E-state index is 0.281. The van der Waals surface area contributed by atoms with Crippen LogP contribution in [0.15, 0.2) is 0 Å². The van der Waals surface area contributed by atoms with Crippen LogP contribution < -0.4 is 11.1 Å². The van der Waals surface area contributed by atoms with Gasteiger partial charge in [0.05, 0.1) is 0 Å². The molecule has 0 aromatic rings. The SMILES string of the molecule is NCC1CCCC1CNC(=O)C1CCC1. The zero-order valence-corrected chi connectivity index (χ0v) is 9.37. The fourth-order valence-corrected chi connectivity index (χ4v) is 2.74. The molecule has 0 radical (unpaired) electrons. The van der Waals surface area contributed by atoms with Gasteiger partial charge in [0.1, 0.15) is 0 Å². The van der Waals surface area contributed by atoms with E-state index in [1.165, 1.54) is 25.7 Å². The van der Waals surface area contributed by atoms with Gasteiger partial charge in [-0.1, -0.05) is 12.8 Å². The highest BCUT2D eigenvalue weighted by Crippen LogP contribution is 2.31. The van der Waals surface area contributed by atoms with Gasteiger partial charge in [0.2, 0.25) is 5.91 Å². The first-order valence-corrected chi connectivity index (χ1v) is 6.29. The third-order valence-electron chi connectivity index (χ3n) is 4.13. The Labute approximate surface area is 91.8 Å². The van der Waals surface area contributed by atoms with Crippen LogP contribution in [0.4, 0.5) is 0 Å². The molecule has 2 aliphatic rings. The third-order valence-corrected chi connectivity index (χ3v) is 4.13. The van der Waals surface area contributed by atoms with Crippen LogP contribution in [-0.2, 0) is 4.79 Å². The Morgan fingerprint density at radius 3 is 2.40 bits per heavy atom. The average molecular weight is 210 g/mol. The zero-order valence-electron chi connectivity index (χ0n) is 9.37. The fourth-order valence-electron chi connectivity index (χ4n) is 2.74. The van der Waals surface area contributed by atoms with Crippen molar-refractivity contribution in [2.24, 2.45) is 23.5 Å². The number of carbonyl (C=O) groups is 1. The molecule has 2 saturated carbocycles. The van der Waals surface area contributed by atoms with Crippen molar-refractivity contribution in [3.8, 4) is 0 Å². The van der Waals surface area contributed by atoms with Gasteiger partial charge in [-0.3, -0.25) is 4.79 Å². The summed E-state index contributed by atoms with van der Waals surface area (Å²) in [6.07, 6.45) is 7.19. The number of rotatable bonds is 4. The first-order chi connectivity index (χ1) is 7.31. The molecule has 0 bridgehead atoms. The second kappa shape index (κ2) is 4.97. The molecular formula is C12H22N2O. The van der Waals surface area contributed by atoms with Crippen LogP contribution in [0, 0.1) is 17.8 Å². The molecule has 2 atom stereocenters. The van der Waals surface area contributed by atoms with Gasteiger partial charge in [-0.15, -0.1) is 0 Å². The summed E-state index contributed by atoms with van der Waals surface area (Å²) >= 11 is 0. The molecule has 2 aliphatic carbocycles. The predicted molar refractivity (Wildman–Crippen MR) is 60.2 cm³/mol. The van der Waals surface area contributed by atoms with Crippen molar-refractivity contribution in [2.75, 3.05) is 13.1 Å². The number of hydrogen-bond acceptors (Lipinski definition) is 2. The van der Waals surface area contributed by atoms with E-state index in [-0.39, 0.29) is 5.91 Å². The monoisotopic (exact) mass is 210 g/mol. The molecule has 2 fully saturated rings. The van der Waals surface area contributed by atoms with Crippen molar-refractivity contribution >= 4 is 5.91 Å². The van der Waals surface area contributed by atoms with Crippen LogP contribution in [0.2, 0.25) is 0 Å². The molecule has 2 unspecified atom stereocenters. The largest absolute Gasteiger partial charge is 0.356 e. The number of nitrogens with one attached hydrogen (secondary N) is 1. The van der Waals surface area contributed by atoms with Gasteiger partial charge in [0.15, 0.2) is 0 Å². The van der Waals surface area contributed by atoms with Crippen molar-refractivity contribution in [2.45, 2.75) is 38.5 Å². The quantitative estimate of drug-likeness (QED) is 0.734. The third kappa shape index (κ3) is 2.51. The number of hydrogen-bond donors (Lipinski definition) is 2. The Balaban J connectivity index is 1.70. The molecule has 2 rings (SSSR count). The Hall–Kier alpha value is -0.570. The Bertz CT molecular complexity index is 226. The lowest BCUT2D eigenvalue weighted by Gasteiger charge is -2.26. The first-order valence-electron chi connectivity index (χ1n) is 6.29. The Morgan fingerprint density at radius 2 is 1.80 bits per heavy atom. The van der Waals surface area contributed by atoms with Crippen molar-refractivity contribution in [3.05, 3.63) is 0 Å². The highest BCUT2D eigenvalue weighted by Gasteiger charge is 2.29. The predicted octanol–water partition coefficient (Wildman–Crippen LogP) is 1.28. The van der Waals surface area contributed by atoms with E-state index in [0.717, 1.165) is 25.9 Å². The molecule has 0 aliphatic heterocycles. The lowest BCUT2D eigenvalue weighted by atomic mass is 9.84. The summed E-state index contributed by atoms with van der Waals surface area (Å²) in [7, 11) is 0. The van der Waals surface area contributed by atoms with Crippen LogP contribution in [0.5, 0.6) is 0 Å². The maximum atomic E-state index is 11.6. The molecule has 0 aromatic heterocycles. The van der Waals surface area contributed by atoms with E-state index in [2.05, 4.69) is 5.32 Å². The van der Waals surface area contributed by atoms with Crippen molar-refractivity contribution < 1.29 is 4.79 Å². The van der Waals surface area contributed by atoms with Gasteiger partial charge in [0.25, 0.3) is 0 Å². The van der Waals surface area contributed by atoms with E-state index < -0.39 is 0 Å². The Kier molecular flexibility index (Phi) is 3.62. The van der Waals surface area contributed by atoms with E-state index >= 15 is 0 Å². The van der Waals surface area contributed by atoms with Gasteiger partial charge < -0.3 is 11.1 Å². The molecule has 1 amide bonds. The fraction of sp³-hybridized carbons (Fsp3) is 0.917. The smallest absolute Gasteiger partial charge is 0.223 e. The molecule has 3 heteroatoms. The van der Waals surface area contributed by atoms with Gasteiger partial charge >= 0.3 is 0 Å². The van der Waals surface area contributed by atoms with Gasteiger partial charge in [-0.2, -0.15) is 0 Å². The number of amides is 1. The van der Waals surface area contributed by atoms with Crippen molar-refractivity contribution in [1.29, 1.82) is 0 Å². The van der Waals surface area contributed by atoms with Gasteiger partial charge in [-0.05, 0) is 44.1 Å². The van der Waals surface area contributed by atoms with E-state index in [4.69, 9.17) is 5.73 Å². The van der Waals surface area contributed by atoms with E-state index in [1.807, 2.05) is 0 Å². The summed E-state index contributed by atoms with van der Waals surface area (Å²) in [5.41, 5.74) is 5.72. The van der Waals surface area contributed by atoms with Crippen molar-refractivity contribution in [1.82, 2.24) is 5.32 Å². The first kappa shape index (κ1) is 10.9. The molecule has 0 heterocycles. The highest BCUT2D eigenvalue weighted by atomic mass is 16.1. The van der Waals surface area contributed by atoms with Crippen LogP contribution in [-0.4, -0.2) is 19.0 Å². The average Bonchev–Trinajstić information content (AvgIpc) is 2.58. The second-order valence-electron chi connectivity index (χ2n) is 5.06. The summed E-state index contributed by atoms with van der Waals surface area (Å²) in [5.74, 6) is 1.89. The molecule has 0 aromatic carbocycles.